The van der Waals surface area contributed by atoms with Crippen molar-refractivity contribution in [1.82, 2.24) is 4.98 Å². The van der Waals surface area contributed by atoms with E-state index in [0.717, 1.165) is 12.1 Å². The van der Waals surface area contributed by atoms with E-state index in [1.165, 1.54) is 12.1 Å². The molecular formula is C12H9F3N2O2. The molecule has 100 valence electrons. The molecule has 0 bridgehead atoms. The average Bonchev–Trinajstić information content (AvgIpc) is 2.30. The van der Waals surface area contributed by atoms with Crippen LogP contribution in [0.25, 0.3) is 0 Å². The third-order valence-corrected chi connectivity index (χ3v) is 2.02. The Balaban J connectivity index is 2.07. The number of hydrogen-bond donors (Lipinski definition) is 1. The fraction of sp³-hybridized carbons (Fsp3) is 0.0833. The molecule has 0 amide bonds. The largest absolute Gasteiger partial charge is 0.573 e. The minimum absolute atomic E-state index is 0.254. The average molecular weight is 270 g/mol. The highest BCUT2D eigenvalue weighted by Gasteiger charge is 2.30. The number of aromatic nitrogens is 1. The number of alkyl halides is 3. The van der Waals surface area contributed by atoms with Gasteiger partial charge in [0.15, 0.2) is 0 Å². The quantitative estimate of drug-likeness (QED) is 0.929. The molecule has 0 radical (unpaired) electrons. The zero-order valence-corrected chi connectivity index (χ0v) is 9.52. The van der Waals surface area contributed by atoms with Crippen LogP contribution in [-0.2, 0) is 0 Å². The van der Waals surface area contributed by atoms with Crippen molar-refractivity contribution in [3.8, 4) is 17.4 Å². The van der Waals surface area contributed by atoms with Crippen LogP contribution >= 0.6 is 0 Å². The summed E-state index contributed by atoms with van der Waals surface area (Å²) in [6.45, 7) is 0. The Hall–Kier alpha value is -2.44. The van der Waals surface area contributed by atoms with Crippen LogP contribution in [-0.4, -0.2) is 11.3 Å². The lowest BCUT2D eigenvalue weighted by molar-refractivity contribution is -0.274. The Kier molecular flexibility index (Phi) is 3.46. The molecule has 0 fully saturated rings. The Morgan fingerprint density at radius 1 is 0.947 bits per heavy atom. The molecule has 0 saturated carbocycles. The summed E-state index contributed by atoms with van der Waals surface area (Å²) in [4.78, 5) is 3.89. The molecule has 0 saturated heterocycles. The fourth-order valence-electron chi connectivity index (χ4n) is 1.32. The van der Waals surface area contributed by atoms with Crippen molar-refractivity contribution in [2.75, 3.05) is 5.73 Å². The van der Waals surface area contributed by atoms with Crippen LogP contribution in [0.2, 0.25) is 0 Å². The lowest BCUT2D eigenvalue weighted by Crippen LogP contribution is -2.16. The number of benzene rings is 1. The number of hydrogen-bond acceptors (Lipinski definition) is 4. The van der Waals surface area contributed by atoms with Gasteiger partial charge in [-0.3, -0.25) is 0 Å². The number of nitrogens with zero attached hydrogens (tertiary/aromatic N) is 1. The third kappa shape index (κ3) is 4.06. The molecule has 2 aromatic rings. The van der Waals surface area contributed by atoms with Crippen LogP contribution in [0.5, 0.6) is 17.4 Å². The summed E-state index contributed by atoms with van der Waals surface area (Å²) in [5, 5.41) is 0. The summed E-state index contributed by atoms with van der Waals surface area (Å²) in [6, 6.07) is 9.80. The number of ether oxygens (including phenoxy) is 2. The molecule has 4 nitrogen and oxygen atoms in total. The smallest absolute Gasteiger partial charge is 0.439 e. The Labute approximate surface area is 106 Å². The van der Waals surface area contributed by atoms with Crippen LogP contribution in [0.3, 0.4) is 0 Å². The summed E-state index contributed by atoms with van der Waals surface area (Å²) in [7, 11) is 0. The van der Waals surface area contributed by atoms with E-state index < -0.39 is 6.36 Å². The first kappa shape index (κ1) is 13.0. The van der Waals surface area contributed by atoms with Gasteiger partial charge in [-0.2, -0.15) is 4.98 Å². The summed E-state index contributed by atoms with van der Waals surface area (Å²) in [5.74, 6) is 0.548. The van der Waals surface area contributed by atoms with Crippen molar-refractivity contribution < 1.29 is 22.6 Å². The highest BCUT2D eigenvalue weighted by Crippen LogP contribution is 2.26. The number of pyridine rings is 1. The second kappa shape index (κ2) is 5.05. The van der Waals surface area contributed by atoms with Crippen molar-refractivity contribution in [3.05, 3.63) is 42.5 Å². The SMILES string of the molecule is Nc1cccc(Oc2ccc(OC(F)(F)F)cc2)n1. The van der Waals surface area contributed by atoms with E-state index in [9.17, 15) is 13.2 Å². The summed E-state index contributed by atoms with van der Waals surface area (Å²) >= 11 is 0. The van der Waals surface area contributed by atoms with Gasteiger partial charge in [0.2, 0.25) is 5.88 Å². The van der Waals surface area contributed by atoms with Crippen molar-refractivity contribution in [2.45, 2.75) is 6.36 Å². The fourth-order valence-corrected chi connectivity index (χ4v) is 1.32. The Morgan fingerprint density at radius 3 is 2.16 bits per heavy atom. The van der Waals surface area contributed by atoms with Crippen LogP contribution < -0.4 is 15.2 Å². The van der Waals surface area contributed by atoms with Crippen molar-refractivity contribution >= 4 is 5.82 Å². The zero-order chi connectivity index (χ0) is 13.9. The van der Waals surface area contributed by atoms with Gasteiger partial charge >= 0.3 is 6.36 Å². The van der Waals surface area contributed by atoms with Gasteiger partial charge in [-0.05, 0) is 30.3 Å². The number of rotatable bonds is 3. The van der Waals surface area contributed by atoms with Crippen LogP contribution in [0, 0.1) is 0 Å². The van der Waals surface area contributed by atoms with Gasteiger partial charge in [0.25, 0.3) is 0 Å². The molecule has 1 heterocycles. The van der Waals surface area contributed by atoms with Crippen LogP contribution in [0.4, 0.5) is 19.0 Å². The molecular weight excluding hydrogens is 261 g/mol. The van der Waals surface area contributed by atoms with Gasteiger partial charge in [-0.15, -0.1) is 13.2 Å². The Morgan fingerprint density at radius 2 is 1.58 bits per heavy atom. The van der Waals surface area contributed by atoms with Gasteiger partial charge in [-0.1, -0.05) is 6.07 Å². The molecule has 0 unspecified atom stereocenters. The molecule has 0 aliphatic rings. The topological polar surface area (TPSA) is 57.4 Å². The monoisotopic (exact) mass is 270 g/mol. The number of nitrogen functional groups attached to an aromatic ring is 1. The molecule has 1 aromatic carbocycles. The van der Waals surface area contributed by atoms with Gasteiger partial charge in [-0.25, -0.2) is 0 Å². The van der Waals surface area contributed by atoms with E-state index in [1.807, 2.05) is 0 Å². The maximum Gasteiger partial charge on any atom is 0.573 e. The number of anilines is 1. The van der Waals surface area contributed by atoms with E-state index >= 15 is 0 Å². The number of nitrogens with two attached hydrogens (primary N) is 1. The second-order valence-electron chi connectivity index (χ2n) is 3.52. The summed E-state index contributed by atoms with van der Waals surface area (Å²) in [5.41, 5.74) is 5.47. The van der Waals surface area contributed by atoms with Gasteiger partial charge in [0, 0.05) is 6.07 Å². The predicted octanol–water partition coefficient (Wildman–Crippen LogP) is 3.35. The molecule has 1 aromatic heterocycles. The first-order valence-electron chi connectivity index (χ1n) is 5.18. The van der Waals surface area contributed by atoms with E-state index in [-0.39, 0.29) is 17.4 Å². The first-order chi connectivity index (χ1) is 8.92. The molecule has 19 heavy (non-hydrogen) atoms. The minimum Gasteiger partial charge on any atom is -0.439 e. The summed E-state index contributed by atoms with van der Waals surface area (Å²) in [6.07, 6.45) is -4.71. The maximum absolute atomic E-state index is 12.0. The van der Waals surface area contributed by atoms with Gasteiger partial charge in [0.1, 0.15) is 17.3 Å². The third-order valence-electron chi connectivity index (χ3n) is 2.02. The normalized spacial score (nSPS) is 11.1. The van der Waals surface area contributed by atoms with E-state index in [0.29, 0.717) is 5.75 Å². The lowest BCUT2D eigenvalue weighted by Gasteiger charge is -2.09. The van der Waals surface area contributed by atoms with Crippen LogP contribution in [0.15, 0.2) is 42.5 Å². The van der Waals surface area contributed by atoms with Crippen molar-refractivity contribution in [3.63, 3.8) is 0 Å². The summed E-state index contributed by atoms with van der Waals surface area (Å²) < 4.78 is 44.9. The lowest BCUT2D eigenvalue weighted by atomic mass is 10.3. The van der Waals surface area contributed by atoms with E-state index in [1.54, 1.807) is 18.2 Å². The molecule has 0 aliphatic carbocycles. The van der Waals surface area contributed by atoms with Gasteiger partial charge < -0.3 is 15.2 Å². The molecule has 2 N–H and O–H groups in total. The zero-order valence-electron chi connectivity index (χ0n) is 9.52. The molecule has 7 heteroatoms. The van der Waals surface area contributed by atoms with Crippen molar-refractivity contribution in [1.29, 1.82) is 0 Å². The number of halogens is 3. The highest BCUT2D eigenvalue weighted by atomic mass is 19.4. The Bertz CT molecular complexity index is 556. The standard InChI is InChI=1S/C12H9F3N2O2/c13-12(14,15)19-9-6-4-8(5-7-9)18-11-3-1-2-10(16)17-11/h1-7H,(H2,16,17). The maximum atomic E-state index is 12.0. The van der Waals surface area contributed by atoms with Gasteiger partial charge in [0.05, 0.1) is 0 Å². The molecule has 0 aliphatic heterocycles. The van der Waals surface area contributed by atoms with E-state index in [4.69, 9.17) is 10.5 Å². The molecule has 0 spiro atoms. The first-order valence-corrected chi connectivity index (χ1v) is 5.18. The van der Waals surface area contributed by atoms with E-state index in [2.05, 4.69) is 9.72 Å². The minimum atomic E-state index is -4.71. The van der Waals surface area contributed by atoms with Crippen LogP contribution in [0.1, 0.15) is 0 Å². The van der Waals surface area contributed by atoms with Crippen molar-refractivity contribution in [2.24, 2.45) is 0 Å². The second-order valence-corrected chi connectivity index (χ2v) is 3.52. The molecule has 0 atom stereocenters. The highest BCUT2D eigenvalue weighted by molar-refractivity contribution is 5.36. The molecule has 2 rings (SSSR count). The predicted molar refractivity (Wildman–Crippen MR) is 61.8 cm³/mol.